The molecule has 7 nitrogen and oxygen atoms in total. The third-order valence-electron chi connectivity index (χ3n) is 1.45. The van der Waals surface area contributed by atoms with Crippen LogP contribution in [0.2, 0.25) is 0 Å². The Morgan fingerprint density at radius 3 is 2.62 bits per heavy atom. The fraction of sp³-hybridized carbons (Fsp3) is 0.333. The molecule has 4 N–H and O–H groups in total. The van der Waals surface area contributed by atoms with Gasteiger partial charge in [-0.2, -0.15) is 4.99 Å². The molecule has 0 aromatic heterocycles. The maximum atomic E-state index is 10.8. The highest BCUT2D eigenvalue weighted by atomic mass is 16.4. The van der Waals surface area contributed by atoms with Crippen molar-refractivity contribution in [2.24, 2.45) is 10.7 Å². The normalized spacial score (nSPS) is 18.1. The van der Waals surface area contributed by atoms with Crippen LogP contribution in [0.25, 0.3) is 0 Å². The summed E-state index contributed by atoms with van der Waals surface area (Å²) < 4.78 is 0. The van der Waals surface area contributed by atoms with E-state index in [1.54, 1.807) is 0 Å². The van der Waals surface area contributed by atoms with Gasteiger partial charge in [0.25, 0.3) is 5.91 Å². The fourth-order valence-corrected chi connectivity index (χ4v) is 0.805. The van der Waals surface area contributed by atoms with Crippen LogP contribution in [-0.4, -0.2) is 34.8 Å². The zero-order valence-electron chi connectivity index (χ0n) is 6.48. The predicted octanol–water partition coefficient (Wildman–Crippen LogP) is -1.52. The molecule has 1 aliphatic heterocycles. The second-order valence-corrected chi connectivity index (χ2v) is 2.47. The molecule has 13 heavy (non-hydrogen) atoms. The molecule has 0 aliphatic carbocycles. The first kappa shape index (κ1) is 9.33. The zero-order chi connectivity index (χ0) is 10.0. The molecule has 70 valence electrons. The molecular weight excluding hydrogens is 178 g/mol. The Bertz CT molecular complexity index is 309. The number of urea groups is 1. The topological polar surface area (TPSA) is 122 Å². The highest BCUT2D eigenvalue weighted by molar-refractivity contribution is 6.46. The lowest BCUT2D eigenvalue weighted by Gasteiger charge is -2.02. The first-order valence-electron chi connectivity index (χ1n) is 3.42. The SMILES string of the molecule is N[C@@H](CC1=NC(=O)NC1=O)C(=O)O. The van der Waals surface area contributed by atoms with Crippen molar-refractivity contribution in [3.05, 3.63) is 0 Å². The van der Waals surface area contributed by atoms with Crippen molar-refractivity contribution in [1.82, 2.24) is 5.32 Å². The highest BCUT2D eigenvalue weighted by Gasteiger charge is 2.26. The van der Waals surface area contributed by atoms with Crippen LogP contribution in [0.4, 0.5) is 4.79 Å². The first-order chi connectivity index (χ1) is 6.00. The molecule has 0 aromatic rings. The molecule has 1 atom stereocenters. The molecule has 1 heterocycles. The minimum Gasteiger partial charge on any atom is -0.480 e. The number of aliphatic imine (C=N–C) groups is 1. The van der Waals surface area contributed by atoms with Gasteiger partial charge in [0.15, 0.2) is 0 Å². The number of rotatable bonds is 3. The second kappa shape index (κ2) is 3.31. The number of hydrogen-bond acceptors (Lipinski definition) is 4. The molecule has 0 saturated heterocycles. The van der Waals surface area contributed by atoms with E-state index in [1.165, 1.54) is 0 Å². The quantitative estimate of drug-likeness (QED) is 0.492. The third-order valence-corrected chi connectivity index (χ3v) is 1.45. The Labute approximate surface area is 72.6 Å². The summed E-state index contributed by atoms with van der Waals surface area (Å²) in [7, 11) is 0. The standard InChI is InChI=1S/C6H7N3O4/c7-2(5(11)12)1-3-4(10)9-6(13)8-3/h2H,1,7H2,(H,11,12)(H,9,10,13)/t2-/m0/s1. The minimum absolute atomic E-state index is 0.139. The number of nitrogens with one attached hydrogen (secondary N) is 1. The molecule has 0 aromatic carbocycles. The summed E-state index contributed by atoms with van der Waals surface area (Å²) in [5, 5.41) is 10.3. The van der Waals surface area contributed by atoms with Gasteiger partial charge in [-0.05, 0) is 0 Å². The fourth-order valence-electron chi connectivity index (χ4n) is 0.805. The summed E-state index contributed by atoms with van der Waals surface area (Å²) in [4.78, 5) is 34.9. The Hall–Kier alpha value is -1.76. The van der Waals surface area contributed by atoms with E-state index in [1.807, 2.05) is 5.32 Å². The third kappa shape index (κ3) is 2.09. The average molecular weight is 185 g/mol. The van der Waals surface area contributed by atoms with Gasteiger partial charge < -0.3 is 10.8 Å². The summed E-state index contributed by atoms with van der Waals surface area (Å²) in [6.45, 7) is 0. The van der Waals surface area contributed by atoms with Crippen LogP contribution in [0, 0.1) is 0 Å². The van der Waals surface area contributed by atoms with E-state index in [2.05, 4.69) is 4.99 Å². The number of nitrogens with two attached hydrogens (primary N) is 1. The minimum atomic E-state index is -1.24. The van der Waals surface area contributed by atoms with Crippen LogP contribution in [-0.2, 0) is 9.59 Å². The van der Waals surface area contributed by atoms with Gasteiger partial charge in [0, 0.05) is 6.42 Å². The number of hydrogen-bond donors (Lipinski definition) is 3. The largest absolute Gasteiger partial charge is 0.480 e. The number of amides is 3. The van der Waals surface area contributed by atoms with Gasteiger partial charge in [-0.25, -0.2) is 4.79 Å². The summed E-state index contributed by atoms with van der Waals surface area (Å²) in [6, 6.07) is -1.99. The van der Waals surface area contributed by atoms with Gasteiger partial charge in [-0.1, -0.05) is 0 Å². The molecule has 0 fully saturated rings. The van der Waals surface area contributed by atoms with Crippen LogP contribution in [0.5, 0.6) is 0 Å². The molecule has 0 spiro atoms. The number of carboxylic acid groups (broad SMARTS) is 1. The number of carbonyl (C=O) groups excluding carboxylic acids is 2. The maximum Gasteiger partial charge on any atom is 0.348 e. The predicted molar refractivity (Wildman–Crippen MR) is 41.2 cm³/mol. The van der Waals surface area contributed by atoms with Crippen LogP contribution in [0.3, 0.4) is 0 Å². The van der Waals surface area contributed by atoms with Crippen molar-refractivity contribution < 1.29 is 19.5 Å². The molecule has 1 aliphatic rings. The van der Waals surface area contributed by atoms with E-state index >= 15 is 0 Å². The zero-order valence-corrected chi connectivity index (χ0v) is 6.48. The van der Waals surface area contributed by atoms with Crippen LogP contribution in [0.15, 0.2) is 4.99 Å². The van der Waals surface area contributed by atoms with Crippen LogP contribution in [0.1, 0.15) is 6.42 Å². The molecule has 0 bridgehead atoms. The maximum absolute atomic E-state index is 10.8. The van der Waals surface area contributed by atoms with Gasteiger partial charge in [0.2, 0.25) is 0 Å². The van der Waals surface area contributed by atoms with Crippen molar-refractivity contribution in [2.75, 3.05) is 0 Å². The molecular formula is C6H7N3O4. The second-order valence-electron chi connectivity index (χ2n) is 2.47. The average Bonchev–Trinajstić information content (AvgIpc) is 2.30. The molecule has 3 amide bonds. The lowest BCUT2D eigenvalue weighted by Crippen LogP contribution is -2.35. The Morgan fingerprint density at radius 1 is 1.62 bits per heavy atom. The van der Waals surface area contributed by atoms with Crippen molar-refractivity contribution in [3.8, 4) is 0 Å². The van der Waals surface area contributed by atoms with Gasteiger partial charge in [0.05, 0.1) is 0 Å². The lowest BCUT2D eigenvalue weighted by atomic mass is 10.1. The van der Waals surface area contributed by atoms with Crippen molar-refractivity contribution in [1.29, 1.82) is 0 Å². The van der Waals surface area contributed by atoms with E-state index in [0.29, 0.717) is 0 Å². The highest BCUT2D eigenvalue weighted by Crippen LogP contribution is 1.99. The molecule has 1 rings (SSSR count). The van der Waals surface area contributed by atoms with E-state index in [9.17, 15) is 14.4 Å². The van der Waals surface area contributed by atoms with Gasteiger partial charge in [-0.15, -0.1) is 0 Å². The summed E-state index contributed by atoms with van der Waals surface area (Å²) >= 11 is 0. The van der Waals surface area contributed by atoms with Crippen LogP contribution < -0.4 is 11.1 Å². The van der Waals surface area contributed by atoms with Crippen LogP contribution >= 0.6 is 0 Å². The number of aliphatic carboxylic acids is 1. The number of imide groups is 1. The molecule has 0 unspecified atom stereocenters. The first-order valence-corrected chi connectivity index (χ1v) is 3.42. The monoisotopic (exact) mass is 185 g/mol. The number of nitrogens with zero attached hydrogens (tertiary/aromatic N) is 1. The van der Waals surface area contributed by atoms with Crippen molar-refractivity contribution in [3.63, 3.8) is 0 Å². The molecule has 0 saturated carbocycles. The van der Waals surface area contributed by atoms with Crippen molar-refractivity contribution in [2.45, 2.75) is 12.5 Å². The lowest BCUT2D eigenvalue weighted by molar-refractivity contribution is -0.138. The Kier molecular flexibility index (Phi) is 2.38. The van der Waals surface area contributed by atoms with Gasteiger partial charge in [0.1, 0.15) is 11.8 Å². The molecule has 0 radical (unpaired) electrons. The number of carboxylic acids is 1. The van der Waals surface area contributed by atoms with Gasteiger partial charge >= 0.3 is 12.0 Å². The van der Waals surface area contributed by atoms with E-state index < -0.39 is 23.9 Å². The summed E-state index contributed by atoms with van der Waals surface area (Å²) in [6.07, 6.45) is -0.243. The smallest absolute Gasteiger partial charge is 0.348 e. The summed E-state index contributed by atoms with van der Waals surface area (Å²) in [5.74, 6) is -1.92. The van der Waals surface area contributed by atoms with E-state index in [0.717, 1.165) is 0 Å². The van der Waals surface area contributed by atoms with Gasteiger partial charge in [-0.3, -0.25) is 14.9 Å². The van der Waals surface area contributed by atoms with E-state index in [4.69, 9.17) is 10.8 Å². The van der Waals surface area contributed by atoms with E-state index in [-0.39, 0.29) is 12.1 Å². The Morgan fingerprint density at radius 2 is 2.23 bits per heavy atom. The Balaban J connectivity index is 2.64. The van der Waals surface area contributed by atoms with Crippen molar-refractivity contribution >= 4 is 23.6 Å². The summed E-state index contributed by atoms with van der Waals surface area (Å²) in [5.41, 5.74) is 4.99. The number of carbonyl (C=O) groups is 3. The molecule has 7 heteroatoms.